The number of sulfonamides is 1. The lowest BCUT2D eigenvalue weighted by Gasteiger charge is -2.26. The molecule has 1 spiro atoms. The summed E-state index contributed by atoms with van der Waals surface area (Å²) in [4.78, 5) is 22.3. The molecule has 2 aliphatic heterocycles. The molecule has 2 atom stereocenters. The summed E-state index contributed by atoms with van der Waals surface area (Å²) in [5, 5.41) is 3.98. The van der Waals surface area contributed by atoms with E-state index in [1.807, 2.05) is 18.2 Å². The van der Waals surface area contributed by atoms with E-state index in [1.54, 1.807) is 36.7 Å². The van der Waals surface area contributed by atoms with Gasteiger partial charge in [-0.25, -0.2) is 13.4 Å². The van der Waals surface area contributed by atoms with Gasteiger partial charge in [0.1, 0.15) is 5.69 Å². The maximum absolute atomic E-state index is 13.2. The van der Waals surface area contributed by atoms with Crippen molar-refractivity contribution in [1.82, 2.24) is 9.97 Å². The lowest BCUT2D eigenvalue weighted by Crippen LogP contribution is -2.30. The largest absolute Gasteiger partial charge is 0.480 e. The number of carbonyl (C=O) groups is 1. The highest BCUT2D eigenvalue weighted by Crippen LogP contribution is 2.63. The number of hydrogen-bond donors (Lipinski definition) is 2. The van der Waals surface area contributed by atoms with Crippen LogP contribution in [0.2, 0.25) is 0 Å². The zero-order chi connectivity index (χ0) is 26.8. The predicted molar refractivity (Wildman–Crippen MR) is 146 cm³/mol. The Kier molecular flexibility index (Phi) is 5.40. The third-order valence-corrected chi connectivity index (χ3v) is 9.45. The average molecular weight is 543 g/mol. The molecule has 7 rings (SSSR count). The molecule has 0 radical (unpaired) electrons. The minimum Gasteiger partial charge on any atom is -0.480 e. The molecular formula is C29H26N4O5S. The molecule has 1 aliphatic carbocycles. The SMILES string of the molecule is COc1ncc(-c2ccc3ncc4c(c3c2)C2(CC2CC2COC2)C(=O)N4)cc1NS(=O)(=O)c1ccccc1. The molecule has 10 heteroatoms. The number of anilines is 2. The number of ether oxygens (including phenoxy) is 2. The minimum atomic E-state index is -3.85. The number of carbonyl (C=O) groups excluding carboxylic acids is 1. The summed E-state index contributed by atoms with van der Waals surface area (Å²) in [5.41, 5.74) is 3.81. The highest BCUT2D eigenvalue weighted by molar-refractivity contribution is 7.92. The van der Waals surface area contributed by atoms with Crippen LogP contribution in [-0.4, -0.2) is 44.6 Å². The molecule has 39 heavy (non-hydrogen) atoms. The summed E-state index contributed by atoms with van der Waals surface area (Å²) < 4.78 is 39.4. The highest BCUT2D eigenvalue weighted by Gasteiger charge is 2.65. The van der Waals surface area contributed by atoms with Gasteiger partial charge >= 0.3 is 0 Å². The molecule has 2 fully saturated rings. The van der Waals surface area contributed by atoms with Crippen molar-refractivity contribution in [3.8, 4) is 17.0 Å². The first-order valence-corrected chi connectivity index (χ1v) is 14.3. The van der Waals surface area contributed by atoms with E-state index in [0.717, 1.165) is 53.8 Å². The van der Waals surface area contributed by atoms with Crippen LogP contribution in [0.3, 0.4) is 0 Å². The van der Waals surface area contributed by atoms with Gasteiger partial charge in [-0.15, -0.1) is 0 Å². The van der Waals surface area contributed by atoms with Gasteiger partial charge in [-0.2, -0.15) is 0 Å². The molecule has 1 saturated carbocycles. The summed E-state index contributed by atoms with van der Waals surface area (Å²) in [7, 11) is -2.41. The summed E-state index contributed by atoms with van der Waals surface area (Å²) in [6.45, 7) is 1.53. The molecule has 2 aromatic carbocycles. The van der Waals surface area contributed by atoms with Crippen molar-refractivity contribution < 1.29 is 22.7 Å². The van der Waals surface area contributed by atoms with Gasteiger partial charge < -0.3 is 14.8 Å². The second-order valence-corrected chi connectivity index (χ2v) is 12.1. The standard InChI is InChI=1S/C29H26N4O5S/c1-37-27-24(33-39(35,36)21-5-3-2-4-6-21)11-19(13-31-27)18-7-8-23-22(10-18)26-25(14-30-23)32-28(34)29(26)12-20(29)9-17-15-38-16-17/h2-8,10-11,13-14,17,20,33H,9,12,15-16H2,1H3,(H,32,34). The smallest absolute Gasteiger partial charge is 0.262 e. The van der Waals surface area contributed by atoms with E-state index in [2.05, 4.69) is 20.0 Å². The number of rotatable bonds is 7. The van der Waals surface area contributed by atoms with Gasteiger partial charge in [-0.3, -0.25) is 14.5 Å². The zero-order valence-corrected chi connectivity index (χ0v) is 22.0. The third kappa shape index (κ3) is 3.85. The van der Waals surface area contributed by atoms with Gasteiger partial charge in [0.05, 0.1) is 48.0 Å². The van der Waals surface area contributed by atoms with Crippen LogP contribution in [0.15, 0.2) is 71.9 Å². The number of pyridine rings is 2. The molecule has 198 valence electrons. The van der Waals surface area contributed by atoms with Crippen LogP contribution >= 0.6 is 0 Å². The number of nitrogens with one attached hydrogen (secondary N) is 2. The Bertz CT molecular complexity index is 1740. The lowest BCUT2D eigenvalue weighted by atomic mass is 9.87. The van der Waals surface area contributed by atoms with Crippen molar-refractivity contribution in [3.63, 3.8) is 0 Å². The first kappa shape index (κ1) is 24.1. The summed E-state index contributed by atoms with van der Waals surface area (Å²) >= 11 is 0. The van der Waals surface area contributed by atoms with Crippen molar-refractivity contribution in [3.05, 3.63) is 72.6 Å². The molecule has 3 aliphatic rings. The highest BCUT2D eigenvalue weighted by atomic mass is 32.2. The Morgan fingerprint density at radius 1 is 1.08 bits per heavy atom. The van der Waals surface area contributed by atoms with Crippen molar-refractivity contribution >= 4 is 38.2 Å². The van der Waals surface area contributed by atoms with E-state index in [9.17, 15) is 13.2 Å². The van der Waals surface area contributed by atoms with E-state index in [0.29, 0.717) is 11.5 Å². The monoisotopic (exact) mass is 542 g/mol. The normalized spacial score (nSPS) is 21.9. The molecule has 2 unspecified atom stereocenters. The van der Waals surface area contributed by atoms with Crippen LogP contribution in [0.25, 0.3) is 22.0 Å². The molecule has 2 aromatic heterocycles. The Morgan fingerprint density at radius 3 is 2.64 bits per heavy atom. The van der Waals surface area contributed by atoms with Crippen LogP contribution in [-0.2, 0) is 25.0 Å². The molecule has 4 aromatic rings. The van der Waals surface area contributed by atoms with Gasteiger partial charge in [0, 0.05) is 28.6 Å². The first-order valence-electron chi connectivity index (χ1n) is 12.8. The molecule has 2 N–H and O–H groups in total. The zero-order valence-electron chi connectivity index (χ0n) is 21.2. The second-order valence-electron chi connectivity index (χ2n) is 10.4. The van der Waals surface area contributed by atoms with Crippen LogP contribution in [0.1, 0.15) is 18.4 Å². The molecular weight excluding hydrogens is 516 g/mol. The number of hydrogen-bond acceptors (Lipinski definition) is 7. The fourth-order valence-corrected chi connectivity index (χ4v) is 7.03. The minimum absolute atomic E-state index is 0.0474. The maximum Gasteiger partial charge on any atom is 0.262 e. The summed E-state index contributed by atoms with van der Waals surface area (Å²) in [5.74, 6) is 1.00. The number of benzene rings is 2. The Hall–Kier alpha value is -4.02. The number of nitrogens with zero attached hydrogens (tertiary/aromatic N) is 2. The van der Waals surface area contributed by atoms with Gasteiger partial charge in [-0.05, 0) is 54.7 Å². The van der Waals surface area contributed by atoms with E-state index < -0.39 is 15.4 Å². The number of amides is 1. The summed E-state index contributed by atoms with van der Waals surface area (Å²) in [6.07, 6.45) is 5.19. The van der Waals surface area contributed by atoms with Crippen LogP contribution in [0.4, 0.5) is 11.4 Å². The number of aromatic nitrogens is 2. The fourth-order valence-electron chi connectivity index (χ4n) is 5.97. The first-order chi connectivity index (χ1) is 18.9. The van der Waals surface area contributed by atoms with Gasteiger partial charge in [0.25, 0.3) is 10.0 Å². The number of methoxy groups -OCH3 is 1. The topological polar surface area (TPSA) is 120 Å². The molecule has 9 nitrogen and oxygen atoms in total. The van der Waals surface area contributed by atoms with Crippen LogP contribution in [0, 0.1) is 11.8 Å². The van der Waals surface area contributed by atoms with Crippen LogP contribution in [0.5, 0.6) is 5.88 Å². The molecule has 1 amide bonds. The molecule has 0 bridgehead atoms. The Balaban J connectivity index is 1.28. The van der Waals surface area contributed by atoms with E-state index in [4.69, 9.17) is 9.47 Å². The van der Waals surface area contributed by atoms with Crippen molar-refractivity contribution in [2.75, 3.05) is 30.4 Å². The van der Waals surface area contributed by atoms with Gasteiger partial charge in [0.2, 0.25) is 11.8 Å². The van der Waals surface area contributed by atoms with Crippen molar-refractivity contribution in [2.24, 2.45) is 11.8 Å². The quantitative estimate of drug-likeness (QED) is 0.356. The Labute approximate surface area is 225 Å². The van der Waals surface area contributed by atoms with Gasteiger partial charge in [-0.1, -0.05) is 24.3 Å². The van der Waals surface area contributed by atoms with Crippen LogP contribution < -0.4 is 14.8 Å². The van der Waals surface area contributed by atoms with Crippen molar-refractivity contribution in [1.29, 1.82) is 0 Å². The predicted octanol–water partition coefficient (Wildman–Crippen LogP) is 4.35. The lowest BCUT2D eigenvalue weighted by molar-refractivity contribution is -0.118. The number of fused-ring (bicyclic) bond motifs is 4. The van der Waals surface area contributed by atoms with Gasteiger partial charge in [0.15, 0.2) is 0 Å². The van der Waals surface area contributed by atoms with Crippen molar-refractivity contribution in [2.45, 2.75) is 23.2 Å². The van der Waals surface area contributed by atoms with E-state index in [1.165, 1.54) is 19.2 Å². The summed E-state index contributed by atoms with van der Waals surface area (Å²) in [6, 6.07) is 15.7. The molecule has 4 heterocycles. The fraction of sp³-hybridized carbons (Fsp3) is 0.276. The average Bonchev–Trinajstić information content (AvgIpc) is 3.57. The van der Waals surface area contributed by atoms with E-state index >= 15 is 0 Å². The Morgan fingerprint density at radius 2 is 1.90 bits per heavy atom. The third-order valence-electron chi connectivity index (χ3n) is 8.07. The molecule has 1 saturated heterocycles. The second kappa shape index (κ2) is 8.75. The van der Waals surface area contributed by atoms with E-state index in [-0.39, 0.29) is 28.3 Å². The maximum atomic E-state index is 13.2.